The Morgan fingerprint density at radius 1 is 1.11 bits per heavy atom. The highest BCUT2D eigenvalue weighted by atomic mass is 15.1. The minimum Gasteiger partial charge on any atom is -0.371 e. The summed E-state index contributed by atoms with van der Waals surface area (Å²) < 4.78 is 0. The summed E-state index contributed by atoms with van der Waals surface area (Å²) in [5.74, 6) is 0. The van der Waals surface area contributed by atoms with E-state index in [0.29, 0.717) is 5.41 Å². The summed E-state index contributed by atoms with van der Waals surface area (Å²) in [6.07, 6.45) is 7.81. The summed E-state index contributed by atoms with van der Waals surface area (Å²) in [4.78, 5) is 6.57. The number of pyridine rings is 1. The molecule has 0 bridgehead atoms. The van der Waals surface area contributed by atoms with Gasteiger partial charge in [-0.2, -0.15) is 0 Å². The zero-order chi connectivity index (χ0) is 12.8. The van der Waals surface area contributed by atoms with Crippen molar-refractivity contribution in [3.63, 3.8) is 0 Å². The van der Waals surface area contributed by atoms with Gasteiger partial charge in [0.2, 0.25) is 0 Å². The Morgan fingerprint density at radius 2 is 1.78 bits per heavy atom. The normalized spacial score (nSPS) is 21.6. The summed E-state index contributed by atoms with van der Waals surface area (Å²) >= 11 is 0. The Balaban J connectivity index is 0.000000574. The van der Waals surface area contributed by atoms with Crippen molar-refractivity contribution in [3.05, 3.63) is 24.5 Å². The molecule has 1 spiro atoms. The van der Waals surface area contributed by atoms with Gasteiger partial charge in [-0.1, -0.05) is 13.8 Å². The first-order chi connectivity index (χ1) is 8.88. The Morgan fingerprint density at radius 3 is 2.33 bits per heavy atom. The lowest BCUT2D eigenvalue weighted by atomic mass is 9.78. The van der Waals surface area contributed by atoms with Gasteiger partial charge in [0, 0.05) is 37.7 Å². The highest BCUT2D eigenvalue weighted by Gasteiger charge is 2.36. The first kappa shape index (κ1) is 13.3. The van der Waals surface area contributed by atoms with Crippen LogP contribution >= 0.6 is 0 Å². The van der Waals surface area contributed by atoms with Crippen LogP contribution in [-0.2, 0) is 0 Å². The van der Waals surface area contributed by atoms with Gasteiger partial charge in [-0.05, 0) is 43.4 Å². The molecule has 3 rings (SSSR count). The van der Waals surface area contributed by atoms with Gasteiger partial charge in [-0.25, -0.2) is 0 Å². The maximum absolute atomic E-state index is 4.07. The molecule has 1 N–H and O–H groups in total. The fourth-order valence-electron chi connectivity index (χ4n) is 3.02. The molecule has 0 aromatic carbocycles. The predicted molar refractivity (Wildman–Crippen MR) is 77.0 cm³/mol. The van der Waals surface area contributed by atoms with Gasteiger partial charge < -0.3 is 10.2 Å². The molecule has 2 aliphatic heterocycles. The Hall–Kier alpha value is -1.09. The largest absolute Gasteiger partial charge is 0.371 e. The zero-order valence-electron chi connectivity index (χ0n) is 11.7. The van der Waals surface area contributed by atoms with E-state index < -0.39 is 0 Å². The predicted octanol–water partition coefficient (Wildman–Crippen LogP) is 2.69. The monoisotopic (exact) mass is 247 g/mol. The fourth-order valence-corrected chi connectivity index (χ4v) is 3.02. The van der Waals surface area contributed by atoms with Crippen molar-refractivity contribution in [3.8, 4) is 0 Å². The molecule has 0 aliphatic carbocycles. The fraction of sp³-hybridized carbons (Fsp3) is 0.667. The van der Waals surface area contributed by atoms with E-state index in [2.05, 4.69) is 27.3 Å². The van der Waals surface area contributed by atoms with Gasteiger partial charge in [0.1, 0.15) is 0 Å². The zero-order valence-corrected chi connectivity index (χ0v) is 11.7. The number of anilines is 1. The number of piperidine rings is 1. The number of rotatable bonds is 1. The average Bonchev–Trinajstić information content (AvgIpc) is 2.91. The maximum atomic E-state index is 4.07. The van der Waals surface area contributed by atoms with Crippen LogP contribution in [0.15, 0.2) is 24.5 Å². The van der Waals surface area contributed by atoms with E-state index in [1.54, 1.807) is 0 Å². The van der Waals surface area contributed by atoms with E-state index in [4.69, 9.17) is 0 Å². The van der Waals surface area contributed by atoms with E-state index in [-0.39, 0.29) is 0 Å². The molecule has 3 heterocycles. The van der Waals surface area contributed by atoms with Crippen LogP contribution in [0.5, 0.6) is 0 Å². The molecule has 3 heteroatoms. The molecule has 3 nitrogen and oxygen atoms in total. The molecule has 18 heavy (non-hydrogen) atoms. The third kappa shape index (κ3) is 2.83. The molecule has 0 unspecified atom stereocenters. The van der Waals surface area contributed by atoms with Crippen molar-refractivity contribution in [2.45, 2.75) is 33.1 Å². The first-order valence-corrected chi connectivity index (χ1v) is 7.24. The lowest BCUT2D eigenvalue weighted by molar-refractivity contribution is 0.247. The second-order valence-corrected chi connectivity index (χ2v) is 5.12. The molecule has 0 radical (unpaired) electrons. The molecule has 0 atom stereocenters. The Bertz CT molecular complexity index is 334. The van der Waals surface area contributed by atoms with Crippen LogP contribution in [0.3, 0.4) is 0 Å². The quantitative estimate of drug-likeness (QED) is 0.827. The smallest absolute Gasteiger partial charge is 0.0397 e. The lowest BCUT2D eigenvalue weighted by Crippen LogP contribution is -2.41. The lowest BCUT2D eigenvalue weighted by Gasteiger charge is -2.40. The molecule has 1 aromatic rings. The average molecular weight is 247 g/mol. The number of hydrogen-bond donors (Lipinski definition) is 1. The molecule has 0 amide bonds. The second-order valence-electron chi connectivity index (χ2n) is 5.12. The minimum absolute atomic E-state index is 0.615. The molecule has 2 aliphatic rings. The van der Waals surface area contributed by atoms with E-state index in [1.807, 2.05) is 26.2 Å². The van der Waals surface area contributed by atoms with Crippen molar-refractivity contribution in [2.75, 3.05) is 31.1 Å². The van der Waals surface area contributed by atoms with Gasteiger partial charge in [-0.15, -0.1) is 0 Å². The number of aromatic nitrogens is 1. The molecule has 0 saturated carbocycles. The SMILES string of the molecule is CC.c1cc(N2CCC3(CCNC3)CC2)ccn1. The van der Waals surface area contributed by atoms with Gasteiger partial charge >= 0.3 is 0 Å². The van der Waals surface area contributed by atoms with Crippen molar-refractivity contribution < 1.29 is 0 Å². The van der Waals surface area contributed by atoms with Crippen molar-refractivity contribution in [2.24, 2.45) is 5.41 Å². The van der Waals surface area contributed by atoms with E-state index in [0.717, 1.165) is 0 Å². The summed E-state index contributed by atoms with van der Waals surface area (Å²) in [6, 6.07) is 4.23. The minimum atomic E-state index is 0.615. The van der Waals surface area contributed by atoms with Gasteiger partial charge in [-0.3, -0.25) is 4.98 Å². The summed E-state index contributed by atoms with van der Waals surface area (Å²) in [6.45, 7) is 8.85. The summed E-state index contributed by atoms with van der Waals surface area (Å²) in [7, 11) is 0. The third-order valence-corrected chi connectivity index (χ3v) is 4.18. The molecule has 100 valence electrons. The molecular formula is C15H25N3. The van der Waals surface area contributed by atoms with Crippen LogP contribution in [0.25, 0.3) is 0 Å². The van der Waals surface area contributed by atoms with Crippen molar-refractivity contribution in [1.29, 1.82) is 0 Å². The summed E-state index contributed by atoms with van der Waals surface area (Å²) in [5.41, 5.74) is 1.94. The molecule has 1 aromatic heterocycles. The van der Waals surface area contributed by atoms with E-state index in [1.165, 1.54) is 51.1 Å². The number of hydrogen-bond acceptors (Lipinski definition) is 3. The van der Waals surface area contributed by atoms with Crippen LogP contribution in [0, 0.1) is 5.41 Å². The number of nitrogens with one attached hydrogen (secondary N) is 1. The highest BCUT2D eigenvalue weighted by Crippen LogP contribution is 2.37. The van der Waals surface area contributed by atoms with Crippen LogP contribution in [-0.4, -0.2) is 31.2 Å². The van der Waals surface area contributed by atoms with Crippen molar-refractivity contribution in [1.82, 2.24) is 10.3 Å². The van der Waals surface area contributed by atoms with Crippen molar-refractivity contribution >= 4 is 5.69 Å². The van der Waals surface area contributed by atoms with Crippen LogP contribution in [0.4, 0.5) is 5.69 Å². The van der Waals surface area contributed by atoms with Crippen LogP contribution in [0.2, 0.25) is 0 Å². The first-order valence-electron chi connectivity index (χ1n) is 7.24. The number of nitrogens with zero attached hydrogens (tertiary/aromatic N) is 2. The van der Waals surface area contributed by atoms with E-state index in [9.17, 15) is 0 Å². The maximum Gasteiger partial charge on any atom is 0.0397 e. The van der Waals surface area contributed by atoms with Crippen LogP contribution in [0.1, 0.15) is 33.1 Å². The van der Waals surface area contributed by atoms with Gasteiger partial charge in [0.25, 0.3) is 0 Å². The van der Waals surface area contributed by atoms with Gasteiger partial charge in [0.15, 0.2) is 0 Å². The molecule has 2 fully saturated rings. The van der Waals surface area contributed by atoms with E-state index >= 15 is 0 Å². The summed E-state index contributed by atoms with van der Waals surface area (Å²) in [5, 5.41) is 3.51. The standard InChI is InChI=1S/C13H19N3.C2H6/c1-6-14-7-2-12(1)16-9-4-13(5-10-16)3-8-15-11-13;1-2/h1-2,6-7,15H,3-5,8-11H2;1-2H3. The highest BCUT2D eigenvalue weighted by molar-refractivity contribution is 5.45. The third-order valence-electron chi connectivity index (χ3n) is 4.18. The molecule has 2 saturated heterocycles. The topological polar surface area (TPSA) is 28.2 Å². The Labute approximate surface area is 111 Å². The van der Waals surface area contributed by atoms with Gasteiger partial charge in [0.05, 0.1) is 0 Å². The Kier molecular flexibility index (Phi) is 4.59. The molecular weight excluding hydrogens is 222 g/mol. The van der Waals surface area contributed by atoms with Crippen LogP contribution < -0.4 is 10.2 Å². The second kappa shape index (κ2) is 6.19.